The van der Waals surface area contributed by atoms with E-state index in [4.69, 9.17) is 16.3 Å². The molecule has 30 heavy (non-hydrogen) atoms. The van der Waals surface area contributed by atoms with E-state index in [9.17, 15) is 9.59 Å². The Bertz CT molecular complexity index is 799. The van der Waals surface area contributed by atoms with Crippen molar-refractivity contribution in [1.82, 2.24) is 14.7 Å². The molecule has 0 radical (unpaired) electrons. The van der Waals surface area contributed by atoms with E-state index in [-0.39, 0.29) is 30.8 Å². The summed E-state index contributed by atoms with van der Waals surface area (Å²) in [5.74, 6) is 0.987. The van der Waals surface area contributed by atoms with Gasteiger partial charge >= 0.3 is 0 Å². The minimum absolute atomic E-state index is 0. The summed E-state index contributed by atoms with van der Waals surface area (Å²) in [6.45, 7) is 5.22. The normalized spacial score (nSPS) is 19.7. The third-order valence-electron chi connectivity index (χ3n) is 5.94. The topological polar surface area (TPSA) is 53.1 Å². The number of ether oxygens (including phenoxy) is 1. The van der Waals surface area contributed by atoms with Crippen LogP contribution in [0.25, 0.3) is 6.08 Å². The first-order chi connectivity index (χ1) is 14.1. The molecule has 0 aromatic heterocycles. The standard InChI is InChI=1S/C22H28ClN3O3.ClH/c23-19-5-6-20-17(14-19)13-18(16-29-20)22(28)26-11-9-24(10-12-26)15-21(27)25-7-3-1-2-4-8-25;/h5-6,13-14H,1-4,7-12,15-16H2;1H. The number of benzene rings is 1. The van der Waals surface area contributed by atoms with Gasteiger partial charge in [0.25, 0.3) is 5.91 Å². The third-order valence-corrected chi connectivity index (χ3v) is 6.17. The number of carbonyl (C=O) groups excluding carboxylic acids is 2. The molecule has 1 aromatic carbocycles. The van der Waals surface area contributed by atoms with Gasteiger partial charge in [-0.15, -0.1) is 12.4 Å². The Hall–Kier alpha value is -1.76. The second-order valence-electron chi connectivity index (χ2n) is 8.00. The summed E-state index contributed by atoms with van der Waals surface area (Å²) in [5, 5.41) is 0.625. The Morgan fingerprint density at radius 3 is 2.33 bits per heavy atom. The first kappa shape index (κ1) is 22.9. The predicted octanol–water partition coefficient (Wildman–Crippen LogP) is 3.08. The van der Waals surface area contributed by atoms with Gasteiger partial charge in [0.05, 0.1) is 12.1 Å². The van der Waals surface area contributed by atoms with Crippen molar-refractivity contribution in [2.45, 2.75) is 25.7 Å². The van der Waals surface area contributed by atoms with Crippen molar-refractivity contribution < 1.29 is 14.3 Å². The van der Waals surface area contributed by atoms with Crippen LogP contribution in [0.5, 0.6) is 5.75 Å². The zero-order valence-electron chi connectivity index (χ0n) is 17.1. The monoisotopic (exact) mass is 453 g/mol. The molecule has 164 valence electrons. The van der Waals surface area contributed by atoms with Crippen LogP contribution in [0.4, 0.5) is 0 Å². The molecule has 0 bridgehead atoms. The molecule has 1 aromatic rings. The van der Waals surface area contributed by atoms with Gasteiger partial charge in [0.1, 0.15) is 12.4 Å². The van der Waals surface area contributed by atoms with Crippen LogP contribution in [0, 0.1) is 0 Å². The number of carbonyl (C=O) groups is 2. The average Bonchev–Trinajstić information content (AvgIpc) is 3.03. The molecule has 0 N–H and O–H groups in total. The van der Waals surface area contributed by atoms with Gasteiger partial charge in [-0.2, -0.15) is 0 Å². The van der Waals surface area contributed by atoms with E-state index in [0.29, 0.717) is 30.2 Å². The van der Waals surface area contributed by atoms with Crippen molar-refractivity contribution in [3.8, 4) is 5.75 Å². The van der Waals surface area contributed by atoms with E-state index in [0.717, 1.165) is 50.3 Å². The molecule has 2 saturated heterocycles. The third kappa shape index (κ3) is 5.48. The van der Waals surface area contributed by atoms with Gasteiger partial charge in [-0.3, -0.25) is 14.5 Å². The van der Waals surface area contributed by atoms with Gasteiger partial charge in [0.2, 0.25) is 5.91 Å². The zero-order valence-corrected chi connectivity index (χ0v) is 18.7. The van der Waals surface area contributed by atoms with E-state index < -0.39 is 0 Å². The fourth-order valence-electron chi connectivity index (χ4n) is 4.20. The van der Waals surface area contributed by atoms with Gasteiger partial charge < -0.3 is 14.5 Å². The smallest absolute Gasteiger partial charge is 0.253 e. The molecule has 2 fully saturated rings. The highest BCUT2D eigenvalue weighted by atomic mass is 35.5. The quantitative estimate of drug-likeness (QED) is 0.705. The molecule has 0 aliphatic carbocycles. The molecule has 3 heterocycles. The molecular formula is C22H29Cl2N3O3. The molecule has 0 atom stereocenters. The maximum absolute atomic E-state index is 12.9. The maximum atomic E-state index is 12.9. The lowest BCUT2D eigenvalue weighted by atomic mass is 10.1. The zero-order chi connectivity index (χ0) is 20.2. The van der Waals surface area contributed by atoms with Crippen LogP contribution < -0.4 is 4.74 Å². The number of fused-ring (bicyclic) bond motifs is 1. The molecule has 6 nitrogen and oxygen atoms in total. The van der Waals surface area contributed by atoms with Crippen LogP contribution in [0.3, 0.4) is 0 Å². The van der Waals surface area contributed by atoms with Gasteiger partial charge in [-0.05, 0) is 37.1 Å². The van der Waals surface area contributed by atoms with E-state index >= 15 is 0 Å². The van der Waals surface area contributed by atoms with Crippen LogP contribution in [0.15, 0.2) is 23.8 Å². The minimum Gasteiger partial charge on any atom is -0.488 e. The minimum atomic E-state index is 0. The highest BCUT2D eigenvalue weighted by Crippen LogP contribution is 2.29. The number of amides is 2. The number of likely N-dealkylation sites (tertiary alicyclic amines) is 1. The van der Waals surface area contributed by atoms with Crippen molar-refractivity contribution in [3.63, 3.8) is 0 Å². The van der Waals surface area contributed by atoms with E-state index in [2.05, 4.69) is 4.90 Å². The first-order valence-corrected chi connectivity index (χ1v) is 10.9. The van der Waals surface area contributed by atoms with E-state index in [1.165, 1.54) is 12.8 Å². The van der Waals surface area contributed by atoms with Crippen molar-refractivity contribution in [2.75, 3.05) is 52.4 Å². The summed E-state index contributed by atoms with van der Waals surface area (Å²) >= 11 is 6.06. The molecule has 3 aliphatic rings. The van der Waals surface area contributed by atoms with Crippen LogP contribution >= 0.6 is 24.0 Å². The lowest BCUT2D eigenvalue weighted by Gasteiger charge is -2.36. The van der Waals surface area contributed by atoms with Gasteiger partial charge in [-0.25, -0.2) is 0 Å². The summed E-state index contributed by atoms with van der Waals surface area (Å²) in [4.78, 5) is 31.5. The molecule has 0 spiro atoms. The fraction of sp³-hybridized carbons (Fsp3) is 0.545. The molecule has 2 amide bonds. The number of nitrogens with zero attached hydrogens (tertiary/aromatic N) is 3. The summed E-state index contributed by atoms with van der Waals surface area (Å²) in [6.07, 6.45) is 6.54. The number of halogens is 2. The predicted molar refractivity (Wildman–Crippen MR) is 120 cm³/mol. The van der Waals surface area contributed by atoms with Gasteiger partial charge in [0.15, 0.2) is 0 Å². The fourth-order valence-corrected chi connectivity index (χ4v) is 4.38. The second kappa shape index (κ2) is 10.5. The Kier molecular flexibility index (Phi) is 8.03. The average molecular weight is 454 g/mol. The van der Waals surface area contributed by atoms with Crippen LogP contribution in [0.2, 0.25) is 5.02 Å². The van der Waals surface area contributed by atoms with Gasteiger partial charge in [0, 0.05) is 49.9 Å². The van der Waals surface area contributed by atoms with Crippen LogP contribution in [0.1, 0.15) is 31.2 Å². The molecule has 8 heteroatoms. The maximum Gasteiger partial charge on any atom is 0.253 e. The Morgan fingerprint density at radius 2 is 1.63 bits per heavy atom. The van der Waals surface area contributed by atoms with E-state index in [1.54, 1.807) is 6.07 Å². The summed E-state index contributed by atoms with van der Waals surface area (Å²) in [7, 11) is 0. The highest BCUT2D eigenvalue weighted by molar-refractivity contribution is 6.30. The number of piperazine rings is 1. The number of rotatable bonds is 3. The first-order valence-electron chi connectivity index (χ1n) is 10.5. The van der Waals surface area contributed by atoms with Gasteiger partial charge in [-0.1, -0.05) is 24.4 Å². The summed E-state index contributed by atoms with van der Waals surface area (Å²) in [6, 6.07) is 5.43. The molecular weight excluding hydrogens is 425 g/mol. The van der Waals surface area contributed by atoms with Crippen LogP contribution in [-0.4, -0.2) is 78.9 Å². The second-order valence-corrected chi connectivity index (χ2v) is 8.44. The molecule has 0 saturated carbocycles. The molecule has 0 unspecified atom stereocenters. The Labute approximate surface area is 189 Å². The summed E-state index contributed by atoms with van der Waals surface area (Å²) < 4.78 is 5.72. The number of hydrogen-bond acceptors (Lipinski definition) is 4. The highest BCUT2D eigenvalue weighted by Gasteiger charge is 2.27. The lowest BCUT2D eigenvalue weighted by Crippen LogP contribution is -2.52. The SMILES string of the molecule is Cl.O=C(CN1CCN(C(=O)C2=Cc3cc(Cl)ccc3OC2)CC1)N1CCCCCC1. The van der Waals surface area contributed by atoms with E-state index in [1.807, 2.05) is 28.0 Å². The summed E-state index contributed by atoms with van der Waals surface area (Å²) in [5.41, 5.74) is 1.49. The van der Waals surface area contributed by atoms with Crippen LogP contribution in [-0.2, 0) is 9.59 Å². The van der Waals surface area contributed by atoms with Crippen molar-refractivity contribution in [1.29, 1.82) is 0 Å². The lowest BCUT2D eigenvalue weighted by molar-refractivity contribution is -0.133. The van der Waals surface area contributed by atoms with Crippen molar-refractivity contribution in [3.05, 3.63) is 34.4 Å². The molecule has 4 rings (SSSR count). The molecule has 3 aliphatic heterocycles. The van der Waals surface area contributed by atoms with Crippen molar-refractivity contribution >= 4 is 41.9 Å². The van der Waals surface area contributed by atoms with Crippen molar-refractivity contribution in [2.24, 2.45) is 0 Å². The Morgan fingerprint density at radius 1 is 0.933 bits per heavy atom. The number of hydrogen-bond donors (Lipinski definition) is 0. The largest absolute Gasteiger partial charge is 0.488 e. The Balaban J connectivity index is 0.00000256.